The lowest BCUT2D eigenvalue weighted by atomic mass is 9.82. The largest absolute Gasteiger partial charge is 0.423 e. The highest BCUT2D eigenvalue weighted by Crippen LogP contribution is 2.43. The zero-order valence-electron chi connectivity index (χ0n) is 10.2. The number of unbranched alkanes of at least 4 members (excludes halogenated alkanes) is 1. The molecule has 0 aliphatic carbocycles. The normalized spacial score (nSPS) is 14.3. The van der Waals surface area contributed by atoms with Crippen LogP contribution in [0.1, 0.15) is 54.4 Å². The highest BCUT2D eigenvalue weighted by atomic mass is 28.2. The zero-order valence-corrected chi connectivity index (χ0v) is 11.7. The van der Waals surface area contributed by atoms with E-state index in [4.69, 9.17) is 4.43 Å². The molecule has 0 rings (SSSR count). The van der Waals surface area contributed by atoms with Gasteiger partial charge in [-0.2, -0.15) is 0 Å². The van der Waals surface area contributed by atoms with Crippen LogP contribution in [0.25, 0.3) is 0 Å². The summed E-state index contributed by atoms with van der Waals surface area (Å²) in [5.74, 6) is 0. The van der Waals surface area contributed by atoms with Crippen LogP contribution >= 0.6 is 0 Å². The highest BCUT2D eigenvalue weighted by Gasteiger charge is 2.33. The van der Waals surface area contributed by atoms with E-state index in [2.05, 4.69) is 41.5 Å². The maximum atomic E-state index is 5.80. The standard InChI is InChI=1S/C11H26OSi/c1-7-8-9-12-13-11(5,6)10(2,3)4/h7-9,13H2,1-6H3. The fourth-order valence-corrected chi connectivity index (χ4v) is 2.08. The molecule has 2 heteroatoms. The van der Waals surface area contributed by atoms with Crippen LogP contribution in [0.5, 0.6) is 0 Å². The third-order valence-electron chi connectivity index (χ3n) is 3.14. The molecule has 0 aromatic rings. The summed E-state index contributed by atoms with van der Waals surface area (Å²) in [6.45, 7) is 14.8. The van der Waals surface area contributed by atoms with E-state index < -0.39 is 0 Å². The maximum Gasteiger partial charge on any atom is 0.167 e. The van der Waals surface area contributed by atoms with Crippen LogP contribution in [0.2, 0.25) is 5.04 Å². The Labute approximate surface area is 86.2 Å². The van der Waals surface area contributed by atoms with Crippen LogP contribution in [0.4, 0.5) is 0 Å². The van der Waals surface area contributed by atoms with Gasteiger partial charge in [-0.1, -0.05) is 48.0 Å². The van der Waals surface area contributed by atoms with Crippen molar-refractivity contribution in [3.63, 3.8) is 0 Å². The van der Waals surface area contributed by atoms with Gasteiger partial charge in [-0.25, -0.2) is 0 Å². The summed E-state index contributed by atoms with van der Waals surface area (Å²) in [6.07, 6.45) is 2.46. The van der Waals surface area contributed by atoms with E-state index >= 15 is 0 Å². The van der Waals surface area contributed by atoms with Crippen molar-refractivity contribution in [2.45, 2.75) is 59.4 Å². The van der Waals surface area contributed by atoms with Crippen molar-refractivity contribution >= 4 is 9.76 Å². The van der Waals surface area contributed by atoms with Gasteiger partial charge >= 0.3 is 0 Å². The molecule has 0 aliphatic heterocycles. The first-order valence-corrected chi connectivity index (χ1v) is 6.67. The molecule has 0 aliphatic rings. The van der Waals surface area contributed by atoms with Gasteiger partial charge in [0.05, 0.1) is 0 Å². The molecular formula is C11H26OSi. The molecule has 0 N–H and O–H groups in total. The molecule has 13 heavy (non-hydrogen) atoms. The Hall–Kier alpha value is 0.177. The van der Waals surface area contributed by atoms with Crippen LogP contribution < -0.4 is 0 Å². The van der Waals surface area contributed by atoms with Crippen LogP contribution in [-0.4, -0.2) is 16.4 Å². The van der Waals surface area contributed by atoms with Gasteiger partial charge in [0.1, 0.15) is 0 Å². The van der Waals surface area contributed by atoms with Gasteiger partial charge in [-0.05, 0) is 16.9 Å². The summed E-state index contributed by atoms with van der Waals surface area (Å²) in [6, 6.07) is 0. The lowest BCUT2D eigenvalue weighted by Crippen LogP contribution is -2.30. The summed E-state index contributed by atoms with van der Waals surface area (Å²) in [5, 5.41) is 0.404. The molecule has 0 aromatic heterocycles. The minimum Gasteiger partial charge on any atom is -0.423 e. The first kappa shape index (κ1) is 13.2. The monoisotopic (exact) mass is 202 g/mol. The van der Waals surface area contributed by atoms with Crippen LogP contribution in [-0.2, 0) is 4.43 Å². The first-order valence-electron chi connectivity index (χ1n) is 5.39. The Morgan fingerprint density at radius 2 is 1.62 bits per heavy atom. The van der Waals surface area contributed by atoms with E-state index in [9.17, 15) is 0 Å². The summed E-state index contributed by atoms with van der Waals surface area (Å²) in [5.41, 5.74) is 0.380. The second-order valence-electron chi connectivity index (χ2n) is 5.54. The van der Waals surface area contributed by atoms with Gasteiger partial charge in [0.15, 0.2) is 9.76 Å². The summed E-state index contributed by atoms with van der Waals surface area (Å²) >= 11 is 0. The van der Waals surface area contributed by atoms with Crippen LogP contribution in [0.3, 0.4) is 0 Å². The fraction of sp³-hybridized carbons (Fsp3) is 1.00. The minimum absolute atomic E-state index is 0.380. The summed E-state index contributed by atoms with van der Waals surface area (Å²) in [7, 11) is -0.385. The van der Waals surface area contributed by atoms with E-state index in [0.29, 0.717) is 10.5 Å². The van der Waals surface area contributed by atoms with E-state index in [-0.39, 0.29) is 9.76 Å². The second kappa shape index (κ2) is 5.16. The third kappa shape index (κ3) is 4.82. The topological polar surface area (TPSA) is 9.23 Å². The molecule has 0 fully saturated rings. The van der Waals surface area contributed by atoms with Crippen LogP contribution in [0.15, 0.2) is 0 Å². The fourth-order valence-electron chi connectivity index (χ4n) is 0.790. The third-order valence-corrected chi connectivity index (χ3v) is 5.41. The zero-order chi connectivity index (χ0) is 10.5. The Morgan fingerprint density at radius 3 is 2.00 bits per heavy atom. The van der Waals surface area contributed by atoms with Crippen molar-refractivity contribution in [3.05, 3.63) is 0 Å². The molecule has 0 spiro atoms. The average molecular weight is 202 g/mol. The summed E-state index contributed by atoms with van der Waals surface area (Å²) < 4.78 is 5.80. The lowest BCUT2D eigenvalue weighted by molar-refractivity contribution is 0.243. The highest BCUT2D eigenvalue weighted by molar-refractivity contribution is 6.32. The molecule has 0 saturated heterocycles. The Kier molecular flexibility index (Phi) is 5.23. The number of hydrogen-bond donors (Lipinski definition) is 0. The van der Waals surface area contributed by atoms with Crippen molar-refractivity contribution in [2.75, 3.05) is 6.61 Å². The van der Waals surface area contributed by atoms with Gasteiger partial charge in [-0.15, -0.1) is 0 Å². The van der Waals surface area contributed by atoms with Crippen molar-refractivity contribution in [3.8, 4) is 0 Å². The van der Waals surface area contributed by atoms with E-state index in [1.54, 1.807) is 0 Å². The van der Waals surface area contributed by atoms with Crippen molar-refractivity contribution in [1.29, 1.82) is 0 Å². The van der Waals surface area contributed by atoms with Gasteiger partial charge in [0.2, 0.25) is 0 Å². The van der Waals surface area contributed by atoms with Crippen molar-refractivity contribution in [1.82, 2.24) is 0 Å². The molecule has 0 heterocycles. The van der Waals surface area contributed by atoms with Gasteiger partial charge in [0.25, 0.3) is 0 Å². The van der Waals surface area contributed by atoms with E-state index in [0.717, 1.165) is 6.61 Å². The summed E-state index contributed by atoms with van der Waals surface area (Å²) in [4.78, 5) is 0. The van der Waals surface area contributed by atoms with Gasteiger partial charge < -0.3 is 4.43 Å². The Balaban J connectivity index is 3.77. The van der Waals surface area contributed by atoms with Crippen molar-refractivity contribution < 1.29 is 4.43 Å². The molecule has 1 nitrogen and oxygen atoms in total. The van der Waals surface area contributed by atoms with Gasteiger partial charge in [-0.3, -0.25) is 0 Å². The Bertz CT molecular complexity index is 136. The predicted octanol–water partition coefficient (Wildman–Crippen LogP) is 3.13. The maximum absolute atomic E-state index is 5.80. The molecule has 0 bridgehead atoms. The Morgan fingerprint density at radius 1 is 1.08 bits per heavy atom. The number of hydrogen-bond acceptors (Lipinski definition) is 1. The van der Waals surface area contributed by atoms with E-state index in [1.165, 1.54) is 12.8 Å². The minimum atomic E-state index is -0.385. The van der Waals surface area contributed by atoms with E-state index in [1.807, 2.05) is 0 Å². The molecule has 0 saturated carbocycles. The quantitative estimate of drug-likeness (QED) is 0.492. The van der Waals surface area contributed by atoms with Gasteiger partial charge in [0, 0.05) is 6.61 Å². The molecule has 0 radical (unpaired) electrons. The smallest absolute Gasteiger partial charge is 0.167 e. The predicted molar refractivity (Wildman–Crippen MR) is 62.9 cm³/mol. The average Bonchev–Trinajstić information content (AvgIpc) is 1.96. The number of rotatable bonds is 5. The SMILES string of the molecule is CCCCO[SiH2]C(C)(C)C(C)(C)C. The van der Waals surface area contributed by atoms with Crippen LogP contribution in [0, 0.1) is 5.41 Å². The molecular weight excluding hydrogens is 176 g/mol. The lowest BCUT2D eigenvalue weighted by Gasteiger charge is -2.38. The second-order valence-corrected chi connectivity index (χ2v) is 8.00. The molecule has 80 valence electrons. The van der Waals surface area contributed by atoms with Crippen molar-refractivity contribution in [2.24, 2.45) is 5.41 Å². The molecule has 0 aromatic carbocycles. The first-order chi connectivity index (χ1) is 5.81. The molecule has 0 unspecified atom stereocenters. The molecule has 0 amide bonds. The molecule has 0 atom stereocenters.